The van der Waals surface area contributed by atoms with E-state index in [1.165, 1.54) is 11.0 Å². The molecule has 3 N–H and O–H groups in total. The number of hydrogen-bond acceptors (Lipinski definition) is 3. The molecule has 1 aliphatic heterocycles. The lowest BCUT2D eigenvalue weighted by atomic mass is 10.1. The van der Waals surface area contributed by atoms with Crippen molar-refractivity contribution in [1.82, 2.24) is 4.90 Å². The van der Waals surface area contributed by atoms with E-state index in [1.807, 2.05) is 18.7 Å². The van der Waals surface area contributed by atoms with Crippen molar-refractivity contribution in [1.29, 1.82) is 0 Å². The number of hydrogen-bond donors (Lipinski definition) is 2. The molecule has 1 aromatic rings. The average Bonchev–Trinajstić information content (AvgIpc) is 2.32. The van der Waals surface area contributed by atoms with E-state index < -0.39 is 6.09 Å². The number of amides is 1. The van der Waals surface area contributed by atoms with E-state index in [0.717, 1.165) is 0 Å². The Labute approximate surface area is 111 Å². The predicted molar refractivity (Wildman–Crippen MR) is 71.8 cm³/mol. The fourth-order valence-corrected chi connectivity index (χ4v) is 2.48. The van der Waals surface area contributed by atoms with Crippen LogP contribution in [0.15, 0.2) is 18.2 Å². The Hall–Kier alpha value is -1.98. The zero-order chi connectivity index (χ0) is 14.2. The normalized spacial score (nSPS) is 23.5. The molecule has 0 bridgehead atoms. The summed E-state index contributed by atoms with van der Waals surface area (Å²) in [6, 6.07) is 4.33. The Bertz CT molecular complexity index is 495. The summed E-state index contributed by atoms with van der Waals surface area (Å²) >= 11 is 0. The Kier molecular flexibility index (Phi) is 3.50. The number of anilines is 2. The van der Waals surface area contributed by atoms with Gasteiger partial charge in [0.05, 0.1) is 5.69 Å². The molecule has 2 rings (SSSR count). The largest absolute Gasteiger partial charge is 0.465 e. The molecular weight excluding hydrogens is 249 g/mol. The summed E-state index contributed by atoms with van der Waals surface area (Å²) in [5.41, 5.74) is 6.39. The number of nitrogens with zero attached hydrogens (tertiary/aromatic N) is 2. The minimum absolute atomic E-state index is 0.0783. The smallest absolute Gasteiger partial charge is 0.407 e. The highest BCUT2D eigenvalue weighted by Gasteiger charge is 2.32. The Morgan fingerprint density at radius 3 is 2.63 bits per heavy atom. The highest BCUT2D eigenvalue weighted by Crippen LogP contribution is 2.27. The van der Waals surface area contributed by atoms with E-state index in [4.69, 9.17) is 10.8 Å². The maximum absolute atomic E-state index is 13.9. The highest BCUT2D eigenvalue weighted by molar-refractivity contribution is 5.66. The van der Waals surface area contributed by atoms with Gasteiger partial charge in [0.25, 0.3) is 0 Å². The minimum atomic E-state index is -0.934. The van der Waals surface area contributed by atoms with Crippen LogP contribution in [0.25, 0.3) is 0 Å². The first kappa shape index (κ1) is 13.5. The predicted octanol–water partition coefficient (Wildman–Crippen LogP) is 1.98. The molecule has 1 aromatic carbocycles. The second kappa shape index (κ2) is 4.95. The number of halogens is 1. The monoisotopic (exact) mass is 267 g/mol. The number of benzene rings is 1. The van der Waals surface area contributed by atoms with Crippen molar-refractivity contribution < 1.29 is 14.3 Å². The topological polar surface area (TPSA) is 69.8 Å². The molecule has 1 saturated heterocycles. The van der Waals surface area contributed by atoms with Crippen LogP contribution in [-0.4, -0.2) is 41.3 Å². The SMILES string of the molecule is CC1CN(c2ccc(N)cc2F)C(C)CN1C(=O)O. The molecule has 1 aliphatic rings. The zero-order valence-electron chi connectivity index (χ0n) is 11.0. The van der Waals surface area contributed by atoms with Gasteiger partial charge in [-0.25, -0.2) is 9.18 Å². The van der Waals surface area contributed by atoms with Crippen molar-refractivity contribution in [3.05, 3.63) is 24.0 Å². The second-order valence-corrected chi connectivity index (χ2v) is 5.00. The van der Waals surface area contributed by atoms with Crippen LogP contribution in [0.2, 0.25) is 0 Å². The summed E-state index contributed by atoms with van der Waals surface area (Å²) in [5.74, 6) is -0.372. The molecule has 0 saturated carbocycles. The quantitative estimate of drug-likeness (QED) is 0.763. The molecule has 2 unspecified atom stereocenters. The average molecular weight is 267 g/mol. The Morgan fingerprint density at radius 2 is 2.05 bits per heavy atom. The van der Waals surface area contributed by atoms with Gasteiger partial charge in [-0.1, -0.05) is 0 Å². The lowest BCUT2D eigenvalue weighted by molar-refractivity contribution is 0.114. The molecular formula is C13H18FN3O2. The number of carbonyl (C=O) groups is 1. The number of nitrogen functional groups attached to an aromatic ring is 1. The number of nitrogens with two attached hydrogens (primary N) is 1. The van der Waals surface area contributed by atoms with E-state index in [-0.39, 0.29) is 17.9 Å². The van der Waals surface area contributed by atoms with Crippen LogP contribution in [0.1, 0.15) is 13.8 Å². The summed E-state index contributed by atoms with van der Waals surface area (Å²) in [4.78, 5) is 14.4. The second-order valence-electron chi connectivity index (χ2n) is 5.00. The molecule has 0 aromatic heterocycles. The van der Waals surface area contributed by atoms with E-state index in [9.17, 15) is 9.18 Å². The molecule has 6 heteroatoms. The number of carboxylic acid groups (broad SMARTS) is 1. The summed E-state index contributed by atoms with van der Waals surface area (Å²) in [6.07, 6.45) is -0.934. The molecule has 1 fully saturated rings. The molecule has 104 valence electrons. The van der Waals surface area contributed by atoms with E-state index in [2.05, 4.69) is 0 Å². The van der Waals surface area contributed by atoms with Crippen LogP contribution in [0, 0.1) is 5.82 Å². The van der Waals surface area contributed by atoms with Crippen LogP contribution in [0.3, 0.4) is 0 Å². The molecule has 0 radical (unpaired) electrons. The van der Waals surface area contributed by atoms with Crippen LogP contribution in [0.5, 0.6) is 0 Å². The van der Waals surface area contributed by atoms with Crippen LogP contribution < -0.4 is 10.6 Å². The van der Waals surface area contributed by atoms with Gasteiger partial charge < -0.3 is 20.6 Å². The Balaban J connectivity index is 2.24. The third kappa shape index (κ3) is 2.57. The van der Waals surface area contributed by atoms with Crippen molar-refractivity contribution in [2.75, 3.05) is 23.7 Å². The number of piperazine rings is 1. The molecule has 1 heterocycles. The third-order valence-electron chi connectivity index (χ3n) is 3.51. The lowest BCUT2D eigenvalue weighted by Gasteiger charge is -2.44. The van der Waals surface area contributed by atoms with E-state index in [1.54, 1.807) is 12.1 Å². The zero-order valence-corrected chi connectivity index (χ0v) is 11.0. The highest BCUT2D eigenvalue weighted by atomic mass is 19.1. The van der Waals surface area contributed by atoms with Gasteiger partial charge in [-0.15, -0.1) is 0 Å². The van der Waals surface area contributed by atoms with Gasteiger partial charge in [-0.3, -0.25) is 0 Å². The van der Waals surface area contributed by atoms with E-state index >= 15 is 0 Å². The maximum Gasteiger partial charge on any atom is 0.407 e. The van der Waals surface area contributed by atoms with Crippen molar-refractivity contribution in [3.8, 4) is 0 Å². The molecule has 1 amide bonds. The summed E-state index contributed by atoms with van der Waals surface area (Å²) < 4.78 is 13.9. The first-order valence-electron chi connectivity index (χ1n) is 6.21. The molecule has 0 aliphatic carbocycles. The lowest BCUT2D eigenvalue weighted by Crippen LogP contribution is -2.58. The molecule has 0 spiro atoms. The summed E-state index contributed by atoms with van der Waals surface area (Å²) in [7, 11) is 0. The molecule has 19 heavy (non-hydrogen) atoms. The molecule has 5 nitrogen and oxygen atoms in total. The van der Waals surface area contributed by atoms with Crippen LogP contribution in [0.4, 0.5) is 20.6 Å². The first-order valence-corrected chi connectivity index (χ1v) is 6.21. The minimum Gasteiger partial charge on any atom is -0.465 e. The maximum atomic E-state index is 13.9. The molecule has 2 atom stereocenters. The Morgan fingerprint density at radius 1 is 1.37 bits per heavy atom. The fourth-order valence-electron chi connectivity index (χ4n) is 2.48. The van der Waals surface area contributed by atoms with Crippen molar-refractivity contribution in [3.63, 3.8) is 0 Å². The number of rotatable bonds is 1. The van der Waals surface area contributed by atoms with Gasteiger partial charge in [0, 0.05) is 30.9 Å². The third-order valence-corrected chi connectivity index (χ3v) is 3.51. The van der Waals surface area contributed by atoms with Crippen molar-refractivity contribution in [2.45, 2.75) is 25.9 Å². The van der Waals surface area contributed by atoms with Gasteiger partial charge in [-0.05, 0) is 32.0 Å². The summed E-state index contributed by atoms with van der Waals surface area (Å²) in [5, 5.41) is 9.09. The van der Waals surface area contributed by atoms with Gasteiger partial charge in [-0.2, -0.15) is 0 Å². The standard InChI is InChI=1S/C13H18FN3O2/c1-8-7-17(13(18)19)9(2)6-16(8)12-4-3-10(15)5-11(12)14/h3-5,8-9H,6-7,15H2,1-2H3,(H,18,19). The van der Waals surface area contributed by atoms with E-state index in [0.29, 0.717) is 24.5 Å². The van der Waals surface area contributed by atoms with Gasteiger partial charge in [0.15, 0.2) is 0 Å². The van der Waals surface area contributed by atoms with Gasteiger partial charge in [0.1, 0.15) is 5.82 Å². The van der Waals surface area contributed by atoms with Crippen LogP contribution in [-0.2, 0) is 0 Å². The summed E-state index contributed by atoms with van der Waals surface area (Å²) in [6.45, 7) is 4.54. The first-order chi connectivity index (χ1) is 8.90. The van der Waals surface area contributed by atoms with Crippen LogP contribution >= 0.6 is 0 Å². The fraction of sp³-hybridized carbons (Fsp3) is 0.462. The van der Waals surface area contributed by atoms with Gasteiger partial charge in [0.2, 0.25) is 0 Å². The van der Waals surface area contributed by atoms with Crippen molar-refractivity contribution >= 4 is 17.5 Å². The van der Waals surface area contributed by atoms with Crippen molar-refractivity contribution in [2.24, 2.45) is 0 Å². The van der Waals surface area contributed by atoms with Gasteiger partial charge >= 0.3 is 6.09 Å².